The van der Waals surface area contributed by atoms with Crippen molar-refractivity contribution in [2.24, 2.45) is 0 Å². The summed E-state index contributed by atoms with van der Waals surface area (Å²) in [6.45, 7) is 0. The lowest BCUT2D eigenvalue weighted by Gasteiger charge is -2.12. The minimum atomic E-state index is -4.33. The van der Waals surface area contributed by atoms with Gasteiger partial charge in [0, 0.05) is 0 Å². The summed E-state index contributed by atoms with van der Waals surface area (Å²) in [5, 5.41) is 0. The maximum absolute atomic E-state index is 12.4. The monoisotopic (exact) mass is 202 g/mol. The van der Waals surface area contributed by atoms with Crippen molar-refractivity contribution in [3.8, 4) is 5.75 Å². The van der Waals surface area contributed by atoms with Crippen molar-refractivity contribution < 1.29 is 17.9 Å². The number of rotatable bonds is 2. The summed E-state index contributed by atoms with van der Waals surface area (Å²) in [5.74, 6) is -0.0532. The molecule has 76 valence electrons. The van der Waals surface area contributed by atoms with E-state index in [0.29, 0.717) is 0 Å². The summed E-state index contributed by atoms with van der Waals surface area (Å²) in [6.07, 6.45) is -2.64. The van der Waals surface area contributed by atoms with E-state index in [9.17, 15) is 13.2 Å². The Labute approximate surface area is 79.5 Å². The smallest absolute Gasteiger partial charge is 0.419 e. The van der Waals surface area contributed by atoms with E-state index >= 15 is 0 Å². The van der Waals surface area contributed by atoms with Crippen molar-refractivity contribution in [1.82, 2.24) is 0 Å². The first-order valence-electron chi connectivity index (χ1n) is 4.40. The fraction of sp³-hybridized carbons (Fsp3) is 0.400. The van der Waals surface area contributed by atoms with E-state index in [1.165, 1.54) is 12.1 Å². The van der Waals surface area contributed by atoms with Crippen molar-refractivity contribution in [1.29, 1.82) is 0 Å². The fourth-order valence-electron chi connectivity index (χ4n) is 1.17. The molecule has 0 aromatic heterocycles. The highest BCUT2D eigenvalue weighted by Gasteiger charge is 2.35. The largest absolute Gasteiger partial charge is 0.490 e. The second kappa shape index (κ2) is 3.19. The van der Waals surface area contributed by atoms with Crippen LogP contribution in [-0.4, -0.2) is 6.10 Å². The van der Waals surface area contributed by atoms with Crippen LogP contribution in [0.1, 0.15) is 18.4 Å². The maximum Gasteiger partial charge on any atom is 0.419 e. The normalized spacial score (nSPS) is 16.8. The minimum absolute atomic E-state index is 0.0153. The molecule has 0 bridgehead atoms. The SMILES string of the molecule is FC(F)(F)c1ccccc1OC1CC1. The molecule has 0 unspecified atom stereocenters. The Balaban J connectivity index is 2.27. The van der Waals surface area contributed by atoms with E-state index < -0.39 is 11.7 Å². The molecule has 1 nitrogen and oxygen atoms in total. The number of alkyl halides is 3. The zero-order valence-corrected chi connectivity index (χ0v) is 7.34. The molecule has 0 saturated heterocycles. The summed E-state index contributed by atoms with van der Waals surface area (Å²) in [7, 11) is 0. The molecule has 0 radical (unpaired) electrons. The predicted molar refractivity (Wildman–Crippen MR) is 45.1 cm³/mol. The Kier molecular flexibility index (Phi) is 2.13. The molecule has 1 fully saturated rings. The molecule has 1 aliphatic rings. The van der Waals surface area contributed by atoms with E-state index in [0.717, 1.165) is 18.9 Å². The zero-order chi connectivity index (χ0) is 10.2. The Morgan fingerprint density at radius 2 is 1.79 bits per heavy atom. The molecule has 14 heavy (non-hydrogen) atoms. The average Bonchev–Trinajstić information content (AvgIpc) is 2.87. The Bertz CT molecular complexity index is 328. The summed E-state index contributed by atoms with van der Waals surface area (Å²) < 4.78 is 42.5. The molecule has 0 amide bonds. The molecule has 0 aliphatic heterocycles. The first-order chi connectivity index (χ1) is 6.57. The van der Waals surface area contributed by atoms with Crippen LogP contribution in [0.5, 0.6) is 5.75 Å². The first kappa shape index (κ1) is 9.37. The third-order valence-electron chi connectivity index (χ3n) is 2.01. The first-order valence-corrected chi connectivity index (χ1v) is 4.40. The topological polar surface area (TPSA) is 9.23 Å². The fourth-order valence-corrected chi connectivity index (χ4v) is 1.17. The van der Waals surface area contributed by atoms with Gasteiger partial charge in [-0.25, -0.2) is 0 Å². The van der Waals surface area contributed by atoms with Gasteiger partial charge < -0.3 is 4.74 Å². The minimum Gasteiger partial charge on any atom is -0.490 e. The highest BCUT2D eigenvalue weighted by atomic mass is 19.4. The van der Waals surface area contributed by atoms with Gasteiger partial charge in [-0.15, -0.1) is 0 Å². The number of hydrogen-bond donors (Lipinski definition) is 0. The van der Waals surface area contributed by atoms with Gasteiger partial charge in [-0.05, 0) is 25.0 Å². The van der Waals surface area contributed by atoms with Crippen LogP contribution in [0.25, 0.3) is 0 Å². The second-order valence-electron chi connectivity index (χ2n) is 3.31. The van der Waals surface area contributed by atoms with Crippen molar-refractivity contribution >= 4 is 0 Å². The average molecular weight is 202 g/mol. The highest BCUT2D eigenvalue weighted by molar-refractivity contribution is 5.35. The van der Waals surface area contributed by atoms with Gasteiger partial charge >= 0.3 is 6.18 Å². The standard InChI is InChI=1S/C10H9F3O/c11-10(12,13)8-3-1-2-4-9(8)14-7-5-6-7/h1-4,7H,5-6H2. The molecule has 2 rings (SSSR count). The van der Waals surface area contributed by atoms with Gasteiger partial charge in [0.2, 0.25) is 0 Å². The third-order valence-corrected chi connectivity index (χ3v) is 2.01. The molecule has 1 aromatic carbocycles. The van der Waals surface area contributed by atoms with E-state index in [2.05, 4.69) is 0 Å². The van der Waals surface area contributed by atoms with Gasteiger partial charge in [0.1, 0.15) is 5.75 Å². The van der Waals surface area contributed by atoms with Crippen molar-refractivity contribution in [2.45, 2.75) is 25.1 Å². The van der Waals surface area contributed by atoms with Crippen LogP contribution >= 0.6 is 0 Å². The highest BCUT2D eigenvalue weighted by Crippen LogP contribution is 2.38. The van der Waals surface area contributed by atoms with Crippen LogP contribution in [0, 0.1) is 0 Å². The van der Waals surface area contributed by atoms with Crippen molar-refractivity contribution in [3.63, 3.8) is 0 Å². The van der Waals surface area contributed by atoms with Gasteiger partial charge in [0.15, 0.2) is 0 Å². The summed E-state index contributed by atoms with van der Waals surface area (Å²) in [4.78, 5) is 0. The molecular formula is C10H9F3O. The van der Waals surface area contributed by atoms with E-state index in [-0.39, 0.29) is 11.9 Å². The van der Waals surface area contributed by atoms with Gasteiger partial charge in [-0.2, -0.15) is 13.2 Å². The molecule has 1 aliphatic carbocycles. The van der Waals surface area contributed by atoms with Gasteiger partial charge in [0.05, 0.1) is 11.7 Å². The molecular weight excluding hydrogens is 193 g/mol. The van der Waals surface area contributed by atoms with E-state index in [4.69, 9.17) is 4.74 Å². The maximum atomic E-state index is 12.4. The van der Waals surface area contributed by atoms with Gasteiger partial charge in [-0.3, -0.25) is 0 Å². The van der Waals surface area contributed by atoms with Gasteiger partial charge in [0.25, 0.3) is 0 Å². The number of ether oxygens (including phenoxy) is 1. The predicted octanol–water partition coefficient (Wildman–Crippen LogP) is 3.25. The Morgan fingerprint density at radius 1 is 1.14 bits per heavy atom. The lowest BCUT2D eigenvalue weighted by Crippen LogP contribution is -2.09. The number of hydrogen-bond acceptors (Lipinski definition) is 1. The van der Waals surface area contributed by atoms with E-state index in [1.54, 1.807) is 6.07 Å². The Hall–Kier alpha value is -1.19. The number of para-hydroxylation sites is 1. The quantitative estimate of drug-likeness (QED) is 0.715. The van der Waals surface area contributed by atoms with E-state index in [1.807, 2.05) is 0 Å². The molecule has 0 heterocycles. The molecule has 0 spiro atoms. The van der Waals surface area contributed by atoms with Crippen LogP contribution in [0.4, 0.5) is 13.2 Å². The van der Waals surface area contributed by atoms with Crippen molar-refractivity contribution in [3.05, 3.63) is 29.8 Å². The lowest BCUT2D eigenvalue weighted by atomic mass is 10.2. The molecule has 0 N–H and O–H groups in total. The van der Waals surface area contributed by atoms with Crippen LogP contribution < -0.4 is 4.74 Å². The molecule has 0 atom stereocenters. The Morgan fingerprint density at radius 3 is 2.36 bits per heavy atom. The lowest BCUT2D eigenvalue weighted by molar-refractivity contribution is -0.139. The van der Waals surface area contributed by atoms with Crippen LogP contribution in [-0.2, 0) is 6.18 Å². The molecule has 1 saturated carbocycles. The summed E-state index contributed by atoms with van der Waals surface area (Å²) in [6, 6.07) is 5.31. The van der Waals surface area contributed by atoms with Crippen LogP contribution in [0.15, 0.2) is 24.3 Å². The van der Waals surface area contributed by atoms with Gasteiger partial charge in [-0.1, -0.05) is 12.1 Å². The molecule has 1 aromatic rings. The summed E-state index contributed by atoms with van der Waals surface area (Å²) in [5.41, 5.74) is -0.688. The van der Waals surface area contributed by atoms with Crippen molar-refractivity contribution in [2.75, 3.05) is 0 Å². The second-order valence-corrected chi connectivity index (χ2v) is 3.31. The van der Waals surface area contributed by atoms with Crippen LogP contribution in [0.2, 0.25) is 0 Å². The number of halogens is 3. The third kappa shape index (κ3) is 2.00. The zero-order valence-electron chi connectivity index (χ0n) is 7.34. The summed E-state index contributed by atoms with van der Waals surface area (Å²) >= 11 is 0. The van der Waals surface area contributed by atoms with Crippen LogP contribution in [0.3, 0.4) is 0 Å². The number of benzene rings is 1. The molecule has 4 heteroatoms.